The first-order valence-corrected chi connectivity index (χ1v) is 6.24. The summed E-state index contributed by atoms with van der Waals surface area (Å²) in [6.07, 6.45) is 0. The smallest absolute Gasteiger partial charge is 0.0555 e. The molecule has 0 fully saturated rings. The van der Waals surface area contributed by atoms with Gasteiger partial charge in [-0.2, -0.15) is 0 Å². The highest BCUT2D eigenvalue weighted by Crippen LogP contribution is 2.22. The average Bonchev–Trinajstić information content (AvgIpc) is 2.20. The van der Waals surface area contributed by atoms with Gasteiger partial charge in [-0.1, -0.05) is 17.7 Å². The van der Waals surface area contributed by atoms with Gasteiger partial charge in [-0.15, -0.1) is 11.8 Å². The standard InChI is InChI=1S/C12H19NOS/c1-10-3-4-12(11(2)9-10)15-8-6-13-5-7-14/h3-4,9,13-14H,5-8H2,1-2H3. The van der Waals surface area contributed by atoms with Crippen LogP contribution in [0.5, 0.6) is 0 Å². The molecule has 0 aromatic heterocycles. The molecule has 0 heterocycles. The molecule has 0 atom stereocenters. The molecule has 0 aliphatic heterocycles. The first kappa shape index (κ1) is 12.6. The Morgan fingerprint density at radius 2 is 2.07 bits per heavy atom. The molecule has 1 rings (SSSR count). The van der Waals surface area contributed by atoms with Crippen molar-refractivity contribution in [2.45, 2.75) is 18.7 Å². The van der Waals surface area contributed by atoms with Crippen molar-refractivity contribution in [1.82, 2.24) is 5.32 Å². The van der Waals surface area contributed by atoms with Crippen molar-refractivity contribution >= 4 is 11.8 Å². The molecule has 2 nitrogen and oxygen atoms in total. The molecule has 0 amide bonds. The summed E-state index contributed by atoms with van der Waals surface area (Å²) < 4.78 is 0. The third-order valence-electron chi connectivity index (χ3n) is 2.16. The molecule has 2 N–H and O–H groups in total. The number of hydrogen-bond donors (Lipinski definition) is 2. The second kappa shape index (κ2) is 6.88. The van der Waals surface area contributed by atoms with E-state index in [1.54, 1.807) is 0 Å². The van der Waals surface area contributed by atoms with Crippen LogP contribution < -0.4 is 5.32 Å². The van der Waals surface area contributed by atoms with E-state index in [1.165, 1.54) is 16.0 Å². The molecule has 84 valence electrons. The highest BCUT2D eigenvalue weighted by atomic mass is 32.2. The van der Waals surface area contributed by atoms with Gasteiger partial charge >= 0.3 is 0 Å². The second-order valence-corrected chi connectivity index (χ2v) is 4.73. The van der Waals surface area contributed by atoms with Crippen molar-refractivity contribution in [3.8, 4) is 0 Å². The number of aliphatic hydroxyl groups is 1. The molecule has 1 aromatic rings. The summed E-state index contributed by atoms with van der Waals surface area (Å²) >= 11 is 1.86. The fourth-order valence-electron chi connectivity index (χ4n) is 1.40. The van der Waals surface area contributed by atoms with Crippen LogP contribution in [0, 0.1) is 13.8 Å². The first-order chi connectivity index (χ1) is 7.24. The number of thioether (sulfide) groups is 1. The van der Waals surface area contributed by atoms with Gasteiger partial charge in [-0.3, -0.25) is 0 Å². The minimum absolute atomic E-state index is 0.216. The van der Waals surface area contributed by atoms with Crippen LogP contribution in [0.4, 0.5) is 0 Å². The van der Waals surface area contributed by atoms with Gasteiger partial charge in [0.1, 0.15) is 0 Å². The Hall–Kier alpha value is -0.510. The topological polar surface area (TPSA) is 32.3 Å². The van der Waals surface area contributed by atoms with Gasteiger partial charge < -0.3 is 10.4 Å². The summed E-state index contributed by atoms with van der Waals surface area (Å²) in [6, 6.07) is 6.54. The molecule has 0 saturated carbocycles. The van der Waals surface area contributed by atoms with Crippen molar-refractivity contribution in [3.63, 3.8) is 0 Å². The molecule has 0 unspecified atom stereocenters. The van der Waals surface area contributed by atoms with Gasteiger partial charge in [0.25, 0.3) is 0 Å². The van der Waals surface area contributed by atoms with Crippen LogP contribution in [0.1, 0.15) is 11.1 Å². The van der Waals surface area contributed by atoms with Crippen LogP contribution in [-0.2, 0) is 0 Å². The second-order valence-electron chi connectivity index (χ2n) is 3.59. The Labute approximate surface area is 96.1 Å². The van der Waals surface area contributed by atoms with Gasteiger partial charge in [0.2, 0.25) is 0 Å². The molecule has 0 aliphatic rings. The average molecular weight is 225 g/mol. The molecular weight excluding hydrogens is 206 g/mol. The number of hydrogen-bond acceptors (Lipinski definition) is 3. The highest BCUT2D eigenvalue weighted by molar-refractivity contribution is 7.99. The molecule has 1 aromatic carbocycles. The Morgan fingerprint density at radius 1 is 1.27 bits per heavy atom. The van der Waals surface area contributed by atoms with Crippen LogP contribution >= 0.6 is 11.8 Å². The number of aryl methyl sites for hydroxylation is 2. The fourth-order valence-corrected chi connectivity index (χ4v) is 2.32. The quantitative estimate of drug-likeness (QED) is 0.573. The minimum atomic E-state index is 0.216. The van der Waals surface area contributed by atoms with Crippen molar-refractivity contribution in [2.75, 3.05) is 25.4 Å². The van der Waals surface area contributed by atoms with Gasteiger partial charge in [0.05, 0.1) is 6.61 Å². The first-order valence-electron chi connectivity index (χ1n) is 5.25. The molecular formula is C12H19NOS. The van der Waals surface area contributed by atoms with Crippen LogP contribution in [0.25, 0.3) is 0 Å². The van der Waals surface area contributed by atoms with Crippen LogP contribution in [-0.4, -0.2) is 30.6 Å². The third-order valence-corrected chi connectivity index (χ3v) is 3.33. The molecule has 0 spiro atoms. The van der Waals surface area contributed by atoms with Crippen molar-refractivity contribution in [1.29, 1.82) is 0 Å². The lowest BCUT2D eigenvalue weighted by Crippen LogP contribution is -2.20. The maximum atomic E-state index is 8.59. The summed E-state index contributed by atoms with van der Waals surface area (Å²) in [4.78, 5) is 1.35. The van der Waals surface area contributed by atoms with E-state index in [2.05, 4.69) is 37.4 Å². The van der Waals surface area contributed by atoms with Crippen LogP contribution in [0.3, 0.4) is 0 Å². The molecule has 15 heavy (non-hydrogen) atoms. The summed E-state index contributed by atoms with van der Waals surface area (Å²) in [6.45, 7) is 6.11. The number of aliphatic hydroxyl groups excluding tert-OH is 1. The van der Waals surface area contributed by atoms with E-state index in [-0.39, 0.29) is 6.61 Å². The Bertz CT molecular complexity index is 302. The largest absolute Gasteiger partial charge is 0.395 e. The summed E-state index contributed by atoms with van der Waals surface area (Å²) in [5, 5.41) is 11.8. The van der Waals surface area contributed by atoms with Crippen LogP contribution in [0.15, 0.2) is 23.1 Å². The lowest BCUT2D eigenvalue weighted by atomic mass is 10.2. The van der Waals surface area contributed by atoms with E-state index in [0.717, 1.165) is 12.3 Å². The number of nitrogens with one attached hydrogen (secondary N) is 1. The Kier molecular flexibility index (Phi) is 5.76. The lowest BCUT2D eigenvalue weighted by molar-refractivity contribution is 0.294. The minimum Gasteiger partial charge on any atom is -0.395 e. The molecule has 0 saturated heterocycles. The summed E-state index contributed by atoms with van der Waals surface area (Å²) in [7, 11) is 0. The zero-order valence-corrected chi connectivity index (χ0v) is 10.2. The van der Waals surface area contributed by atoms with E-state index >= 15 is 0 Å². The lowest BCUT2D eigenvalue weighted by Gasteiger charge is -2.06. The Morgan fingerprint density at radius 3 is 2.73 bits per heavy atom. The maximum absolute atomic E-state index is 8.59. The summed E-state index contributed by atoms with van der Waals surface area (Å²) in [5.41, 5.74) is 2.66. The fraction of sp³-hybridized carbons (Fsp3) is 0.500. The van der Waals surface area contributed by atoms with Gasteiger partial charge in [0.15, 0.2) is 0 Å². The monoisotopic (exact) mass is 225 g/mol. The summed E-state index contributed by atoms with van der Waals surface area (Å²) in [5.74, 6) is 1.05. The number of rotatable bonds is 6. The third kappa shape index (κ3) is 4.69. The zero-order chi connectivity index (χ0) is 11.1. The molecule has 0 aliphatic carbocycles. The predicted octanol–water partition coefficient (Wildman–Crippen LogP) is 1.98. The van der Waals surface area contributed by atoms with Gasteiger partial charge in [-0.25, -0.2) is 0 Å². The zero-order valence-electron chi connectivity index (χ0n) is 9.42. The predicted molar refractivity (Wildman–Crippen MR) is 66.6 cm³/mol. The van der Waals surface area contributed by atoms with Crippen molar-refractivity contribution in [2.24, 2.45) is 0 Å². The van der Waals surface area contributed by atoms with E-state index in [0.29, 0.717) is 6.54 Å². The van der Waals surface area contributed by atoms with Crippen molar-refractivity contribution in [3.05, 3.63) is 29.3 Å². The van der Waals surface area contributed by atoms with E-state index in [9.17, 15) is 0 Å². The van der Waals surface area contributed by atoms with Crippen LogP contribution in [0.2, 0.25) is 0 Å². The number of benzene rings is 1. The van der Waals surface area contributed by atoms with Crippen molar-refractivity contribution < 1.29 is 5.11 Å². The van der Waals surface area contributed by atoms with E-state index in [4.69, 9.17) is 5.11 Å². The Balaban J connectivity index is 2.31. The van der Waals surface area contributed by atoms with Gasteiger partial charge in [-0.05, 0) is 25.5 Å². The molecule has 3 heteroatoms. The highest BCUT2D eigenvalue weighted by Gasteiger charge is 1.98. The maximum Gasteiger partial charge on any atom is 0.0555 e. The molecule has 0 bridgehead atoms. The van der Waals surface area contributed by atoms with Gasteiger partial charge in [0, 0.05) is 23.7 Å². The normalized spacial score (nSPS) is 10.6. The SMILES string of the molecule is Cc1ccc(SCCNCCO)c(C)c1. The van der Waals surface area contributed by atoms with E-state index < -0.39 is 0 Å². The van der Waals surface area contributed by atoms with E-state index in [1.807, 2.05) is 11.8 Å². The molecule has 0 radical (unpaired) electrons.